The molecule has 0 saturated carbocycles. The highest BCUT2D eigenvalue weighted by Gasteiger charge is 2.17. The van der Waals surface area contributed by atoms with Gasteiger partial charge in [-0.1, -0.05) is 118 Å². The van der Waals surface area contributed by atoms with E-state index in [2.05, 4.69) is 168 Å². The van der Waals surface area contributed by atoms with Crippen molar-refractivity contribution in [3.63, 3.8) is 0 Å². The summed E-state index contributed by atoms with van der Waals surface area (Å²) in [5, 5.41) is 4.19. The minimum absolute atomic E-state index is 0.500. The molecule has 4 unspecified atom stereocenters. The Morgan fingerprint density at radius 1 is 0.610 bits per heavy atom. The van der Waals surface area contributed by atoms with E-state index in [1.54, 1.807) is 0 Å². The van der Waals surface area contributed by atoms with E-state index < -0.39 is 0 Å². The fraction of sp³-hybridized carbons (Fsp3) is 1.00. The van der Waals surface area contributed by atoms with E-state index in [9.17, 15) is 0 Å². The van der Waals surface area contributed by atoms with E-state index >= 15 is 0 Å². The average Bonchev–Trinajstić information content (AvgIpc) is 2.64. The zero-order valence-electron chi connectivity index (χ0n) is 32.7. The molecule has 4 aliphatic heterocycles. The molecular formula is C37H84N2OS. The number of thioether (sulfide) groups is 1. The maximum atomic E-state index is 4.93. The third kappa shape index (κ3) is 79.3. The summed E-state index contributed by atoms with van der Waals surface area (Å²) in [5.41, 5.74) is 2.00. The van der Waals surface area contributed by atoms with Crippen LogP contribution in [-0.4, -0.2) is 60.8 Å². The van der Waals surface area contributed by atoms with Crippen LogP contribution in [-0.2, 0) is 4.74 Å². The monoisotopic (exact) mass is 605 g/mol. The van der Waals surface area contributed by atoms with Crippen molar-refractivity contribution in [1.82, 2.24) is 10.2 Å². The van der Waals surface area contributed by atoms with Crippen molar-refractivity contribution in [3.8, 4) is 0 Å². The van der Waals surface area contributed by atoms with Crippen molar-refractivity contribution >= 4 is 11.8 Å². The molecule has 4 atom stereocenters. The van der Waals surface area contributed by atoms with Gasteiger partial charge in [-0.25, -0.2) is 0 Å². The first-order valence-corrected chi connectivity index (χ1v) is 17.7. The summed E-state index contributed by atoms with van der Waals surface area (Å²) in [7, 11) is 2.16. The van der Waals surface area contributed by atoms with E-state index in [-0.39, 0.29) is 0 Å². The number of nitrogens with zero attached hydrogens (tertiary/aromatic N) is 1. The van der Waals surface area contributed by atoms with Crippen molar-refractivity contribution < 1.29 is 4.74 Å². The molecule has 0 amide bonds. The first-order chi connectivity index (χ1) is 18.0. The maximum absolute atomic E-state index is 4.93. The van der Waals surface area contributed by atoms with Crippen LogP contribution < -0.4 is 5.32 Å². The summed E-state index contributed by atoms with van der Waals surface area (Å²) >= 11 is 2.06. The molecule has 0 aromatic heterocycles. The van der Waals surface area contributed by atoms with Gasteiger partial charge in [-0.2, -0.15) is 11.8 Å². The smallest absolute Gasteiger partial charge is 0.0568 e. The van der Waals surface area contributed by atoms with E-state index in [0.29, 0.717) is 27.8 Å². The summed E-state index contributed by atoms with van der Waals surface area (Å²) in [4.78, 5) is 2.35. The van der Waals surface area contributed by atoms with Gasteiger partial charge in [0.2, 0.25) is 0 Å². The molecular weight excluding hydrogens is 520 g/mol. The summed E-state index contributed by atoms with van der Waals surface area (Å²) in [6.07, 6.45) is 6.05. The molecule has 4 heterocycles. The molecule has 254 valence electrons. The van der Waals surface area contributed by atoms with Gasteiger partial charge in [0.15, 0.2) is 0 Å². The van der Waals surface area contributed by atoms with Gasteiger partial charge >= 0.3 is 0 Å². The Balaban J connectivity index is -0.000000191. The third-order valence-electron chi connectivity index (χ3n) is 4.58. The lowest BCUT2D eigenvalue weighted by Gasteiger charge is -2.34. The van der Waals surface area contributed by atoms with Gasteiger partial charge in [0, 0.05) is 23.9 Å². The molecule has 0 bridgehead atoms. The zero-order chi connectivity index (χ0) is 33.7. The average molecular weight is 605 g/mol. The standard InChI is InChI=1S/C5H11N.4C5H12.C4H9N.C4H8O.C4H8S/c1-5-3-4-6(5)2;4*1-5(2,3)4;3*1-4-2-3-5-4/h5H,3-4H2,1-2H3;4*1-4H3;4-5H,2-3H2,1H3;2*4H,2-3H2,1H3. The van der Waals surface area contributed by atoms with Crippen LogP contribution in [0.5, 0.6) is 0 Å². The Kier molecular flexibility index (Phi) is 28.8. The SMILES string of the molecule is CC(C)(C)C.CC(C)(C)C.CC(C)(C)C.CC(C)(C)C.CC1CCN1.CC1CCN1C.CC1CCO1.CC1CCS1. The maximum Gasteiger partial charge on any atom is 0.0568 e. The van der Waals surface area contributed by atoms with Gasteiger partial charge in [-0.05, 0) is 94.0 Å². The second-order valence-corrected chi connectivity index (χ2v) is 20.2. The molecule has 4 rings (SSSR count). The second kappa shape index (κ2) is 24.5. The van der Waals surface area contributed by atoms with Gasteiger partial charge < -0.3 is 15.0 Å². The molecule has 0 aromatic carbocycles. The lowest BCUT2D eigenvalue weighted by Crippen LogP contribution is -2.41. The van der Waals surface area contributed by atoms with Gasteiger partial charge in [-0.15, -0.1) is 0 Å². The number of hydrogen-bond donors (Lipinski definition) is 1. The fourth-order valence-corrected chi connectivity index (χ4v) is 2.49. The Hall–Kier alpha value is 0.230. The predicted octanol–water partition coefficient (Wildman–Crippen LogP) is 11.6. The predicted molar refractivity (Wildman–Crippen MR) is 196 cm³/mol. The minimum atomic E-state index is 0.500. The lowest BCUT2D eigenvalue weighted by molar-refractivity contribution is -0.0375. The molecule has 3 nitrogen and oxygen atoms in total. The first-order valence-electron chi connectivity index (χ1n) is 16.7. The first kappa shape index (κ1) is 48.1. The normalized spacial score (nSPS) is 24.5. The molecule has 0 aliphatic carbocycles. The highest BCUT2D eigenvalue weighted by atomic mass is 32.2. The molecule has 4 saturated heterocycles. The molecule has 4 heteroatoms. The third-order valence-corrected chi connectivity index (χ3v) is 5.85. The van der Waals surface area contributed by atoms with Crippen molar-refractivity contribution in [2.24, 2.45) is 21.7 Å². The number of likely N-dealkylation sites (tertiary alicyclic amines) is 1. The number of ether oxygens (including phenoxy) is 1. The molecule has 0 aromatic rings. The topological polar surface area (TPSA) is 24.5 Å². The Bertz CT molecular complexity index is 431. The molecule has 4 fully saturated rings. The van der Waals surface area contributed by atoms with Gasteiger partial charge in [-0.3, -0.25) is 0 Å². The number of nitrogens with one attached hydrogen (secondary N) is 1. The Morgan fingerprint density at radius 3 is 0.829 bits per heavy atom. The molecule has 0 spiro atoms. The molecule has 1 N–H and O–H groups in total. The zero-order valence-corrected chi connectivity index (χ0v) is 33.5. The van der Waals surface area contributed by atoms with Crippen LogP contribution in [0.2, 0.25) is 0 Å². The Morgan fingerprint density at radius 2 is 0.829 bits per heavy atom. The highest BCUT2D eigenvalue weighted by Crippen LogP contribution is 2.26. The van der Waals surface area contributed by atoms with Crippen molar-refractivity contribution in [2.75, 3.05) is 32.5 Å². The van der Waals surface area contributed by atoms with E-state index in [1.807, 2.05) is 0 Å². The summed E-state index contributed by atoms with van der Waals surface area (Å²) in [5.74, 6) is 1.40. The van der Waals surface area contributed by atoms with Crippen LogP contribution in [0.25, 0.3) is 0 Å². The van der Waals surface area contributed by atoms with E-state index in [0.717, 1.165) is 23.9 Å². The second-order valence-electron chi connectivity index (χ2n) is 18.7. The van der Waals surface area contributed by atoms with Gasteiger partial charge in [0.1, 0.15) is 0 Å². The lowest BCUT2D eigenvalue weighted by atomic mass is 10.0. The van der Waals surface area contributed by atoms with Gasteiger partial charge in [0.05, 0.1) is 6.10 Å². The van der Waals surface area contributed by atoms with Crippen LogP contribution in [0, 0.1) is 21.7 Å². The molecule has 0 radical (unpaired) electrons. The van der Waals surface area contributed by atoms with E-state index in [4.69, 9.17) is 4.74 Å². The molecule has 4 aliphatic rings. The van der Waals surface area contributed by atoms with Crippen LogP contribution in [0.15, 0.2) is 0 Å². The van der Waals surface area contributed by atoms with Crippen molar-refractivity contribution in [2.45, 2.75) is 188 Å². The van der Waals surface area contributed by atoms with Crippen LogP contribution in [0.1, 0.15) is 164 Å². The van der Waals surface area contributed by atoms with Crippen LogP contribution >= 0.6 is 11.8 Å². The van der Waals surface area contributed by atoms with Crippen LogP contribution in [0.3, 0.4) is 0 Å². The highest BCUT2D eigenvalue weighted by molar-refractivity contribution is 8.01. The van der Waals surface area contributed by atoms with Crippen LogP contribution in [0.4, 0.5) is 0 Å². The fourth-order valence-electron chi connectivity index (χ4n) is 1.79. The largest absolute Gasteiger partial charge is 0.378 e. The summed E-state index contributed by atoms with van der Waals surface area (Å²) in [6, 6.07) is 1.68. The quantitative estimate of drug-likeness (QED) is 0.297. The minimum Gasteiger partial charge on any atom is -0.378 e. The van der Waals surface area contributed by atoms with E-state index in [1.165, 1.54) is 44.5 Å². The summed E-state index contributed by atoms with van der Waals surface area (Å²) in [6.45, 7) is 47.3. The number of rotatable bonds is 0. The van der Waals surface area contributed by atoms with Gasteiger partial charge in [0.25, 0.3) is 0 Å². The van der Waals surface area contributed by atoms with Crippen molar-refractivity contribution in [3.05, 3.63) is 0 Å². The van der Waals surface area contributed by atoms with Crippen molar-refractivity contribution in [1.29, 1.82) is 0 Å². The molecule has 41 heavy (non-hydrogen) atoms. The summed E-state index contributed by atoms with van der Waals surface area (Å²) < 4.78 is 4.93. The number of hydrogen-bond acceptors (Lipinski definition) is 4. The Labute approximate surface area is 267 Å².